The second-order valence-electron chi connectivity index (χ2n) is 5.77. The molecule has 1 saturated heterocycles. The van der Waals surface area contributed by atoms with E-state index in [4.69, 9.17) is 44.3 Å². The van der Waals surface area contributed by atoms with Crippen molar-refractivity contribution < 1.29 is 19.1 Å². The molecule has 0 spiro atoms. The highest BCUT2D eigenvalue weighted by Gasteiger charge is 2.23. The zero-order valence-electron chi connectivity index (χ0n) is 14.6. The van der Waals surface area contributed by atoms with Gasteiger partial charge in [0.2, 0.25) is 0 Å². The molecule has 0 bridgehead atoms. The summed E-state index contributed by atoms with van der Waals surface area (Å²) < 4.78 is 11.5. The third kappa shape index (κ3) is 4.70. The van der Waals surface area contributed by atoms with Gasteiger partial charge in [-0.25, -0.2) is 4.79 Å². The SMILES string of the molecule is CCOc1cc(/C=C2/NC(=O)NC2=O)cc(Cl)c1OCc1ccc(Cl)c(Cl)c1. The Morgan fingerprint density at radius 3 is 2.39 bits per heavy atom. The number of benzene rings is 2. The van der Waals surface area contributed by atoms with Gasteiger partial charge in [0.25, 0.3) is 5.91 Å². The Hall–Kier alpha value is -2.41. The maximum Gasteiger partial charge on any atom is 0.326 e. The first-order chi connectivity index (χ1) is 13.4. The van der Waals surface area contributed by atoms with Crippen molar-refractivity contribution in [3.05, 3.63) is 62.2 Å². The van der Waals surface area contributed by atoms with E-state index in [2.05, 4.69) is 10.6 Å². The smallest absolute Gasteiger partial charge is 0.326 e. The molecule has 0 saturated carbocycles. The zero-order valence-corrected chi connectivity index (χ0v) is 16.9. The van der Waals surface area contributed by atoms with Crippen LogP contribution < -0.4 is 20.1 Å². The number of amides is 3. The summed E-state index contributed by atoms with van der Waals surface area (Å²) in [5, 5.41) is 5.73. The second-order valence-corrected chi connectivity index (χ2v) is 6.99. The summed E-state index contributed by atoms with van der Waals surface area (Å²) in [5.74, 6) is 0.252. The Morgan fingerprint density at radius 1 is 0.964 bits per heavy atom. The van der Waals surface area contributed by atoms with Crippen LogP contribution in [0.25, 0.3) is 6.08 Å². The molecular formula is C19H15Cl3N2O4. The van der Waals surface area contributed by atoms with Crippen LogP contribution in [0.2, 0.25) is 15.1 Å². The van der Waals surface area contributed by atoms with Crippen LogP contribution in [0.4, 0.5) is 4.79 Å². The van der Waals surface area contributed by atoms with Gasteiger partial charge in [-0.2, -0.15) is 0 Å². The molecule has 0 radical (unpaired) electrons. The number of carbonyl (C=O) groups is 2. The van der Waals surface area contributed by atoms with Crippen LogP contribution in [0.5, 0.6) is 11.5 Å². The summed E-state index contributed by atoms with van der Waals surface area (Å²) in [4.78, 5) is 22.9. The molecule has 1 fully saturated rings. The molecule has 0 aliphatic carbocycles. The highest BCUT2D eigenvalue weighted by Crippen LogP contribution is 2.38. The van der Waals surface area contributed by atoms with E-state index in [-0.39, 0.29) is 12.3 Å². The second kappa shape index (κ2) is 8.73. The topological polar surface area (TPSA) is 76.7 Å². The van der Waals surface area contributed by atoms with Crippen molar-refractivity contribution in [2.45, 2.75) is 13.5 Å². The van der Waals surface area contributed by atoms with E-state index in [1.54, 1.807) is 30.3 Å². The minimum absolute atomic E-state index is 0.119. The predicted octanol–water partition coefficient (Wildman–Crippen LogP) is 4.80. The average molecular weight is 442 g/mol. The average Bonchev–Trinajstić information content (AvgIpc) is 2.94. The van der Waals surface area contributed by atoms with Crippen molar-refractivity contribution >= 4 is 52.8 Å². The molecule has 3 rings (SSSR count). The van der Waals surface area contributed by atoms with Crippen LogP contribution >= 0.6 is 34.8 Å². The van der Waals surface area contributed by atoms with Gasteiger partial charge in [0.05, 0.1) is 21.7 Å². The van der Waals surface area contributed by atoms with Crippen molar-refractivity contribution in [1.29, 1.82) is 0 Å². The number of carbonyl (C=O) groups excluding carboxylic acids is 2. The molecule has 2 aromatic rings. The van der Waals surface area contributed by atoms with Crippen molar-refractivity contribution in [3.63, 3.8) is 0 Å². The molecule has 1 heterocycles. The number of hydrogen-bond donors (Lipinski definition) is 2. The number of hydrogen-bond acceptors (Lipinski definition) is 4. The van der Waals surface area contributed by atoms with E-state index in [0.717, 1.165) is 5.56 Å². The lowest BCUT2D eigenvalue weighted by atomic mass is 10.1. The molecule has 1 aliphatic heterocycles. The highest BCUT2D eigenvalue weighted by atomic mass is 35.5. The van der Waals surface area contributed by atoms with E-state index in [9.17, 15) is 9.59 Å². The third-order valence-corrected chi connectivity index (χ3v) is 4.75. The van der Waals surface area contributed by atoms with E-state index in [0.29, 0.717) is 38.7 Å². The first-order valence-electron chi connectivity index (χ1n) is 8.24. The molecular weight excluding hydrogens is 427 g/mol. The fourth-order valence-electron chi connectivity index (χ4n) is 2.51. The van der Waals surface area contributed by atoms with Crippen molar-refractivity contribution in [2.24, 2.45) is 0 Å². The third-order valence-electron chi connectivity index (χ3n) is 3.73. The fraction of sp³-hybridized carbons (Fsp3) is 0.158. The monoisotopic (exact) mass is 440 g/mol. The minimum atomic E-state index is -0.575. The van der Waals surface area contributed by atoms with Gasteiger partial charge in [0.15, 0.2) is 11.5 Å². The van der Waals surface area contributed by atoms with Gasteiger partial charge in [-0.05, 0) is 48.4 Å². The Kier molecular flexibility index (Phi) is 6.34. The van der Waals surface area contributed by atoms with E-state index in [1.807, 2.05) is 6.92 Å². The summed E-state index contributed by atoms with van der Waals surface area (Å²) in [6.45, 7) is 2.42. The van der Waals surface area contributed by atoms with Crippen LogP contribution in [0.1, 0.15) is 18.1 Å². The molecule has 0 unspecified atom stereocenters. The lowest BCUT2D eigenvalue weighted by molar-refractivity contribution is -0.115. The van der Waals surface area contributed by atoms with Crippen LogP contribution in [-0.2, 0) is 11.4 Å². The zero-order chi connectivity index (χ0) is 20.3. The summed E-state index contributed by atoms with van der Waals surface area (Å²) in [6.07, 6.45) is 1.50. The molecule has 9 heteroatoms. The lowest BCUT2D eigenvalue weighted by Gasteiger charge is -2.15. The number of imide groups is 1. The Balaban J connectivity index is 1.86. The molecule has 6 nitrogen and oxygen atoms in total. The molecule has 0 atom stereocenters. The fourth-order valence-corrected chi connectivity index (χ4v) is 3.10. The molecule has 2 N–H and O–H groups in total. The molecule has 28 heavy (non-hydrogen) atoms. The summed E-state index contributed by atoms with van der Waals surface area (Å²) in [5.41, 5.74) is 1.50. The predicted molar refractivity (Wildman–Crippen MR) is 108 cm³/mol. The van der Waals surface area contributed by atoms with Crippen LogP contribution in [0.3, 0.4) is 0 Å². The summed E-state index contributed by atoms with van der Waals surface area (Å²) in [7, 11) is 0. The van der Waals surface area contributed by atoms with Crippen LogP contribution in [0, 0.1) is 0 Å². The standard InChI is InChI=1S/C19H15Cl3N2O4/c1-2-27-16-8-11(7-15-18(25)24-19(26)23-15)6-14(22)17(16)28-9-10-3-4-12(20)13(21)5-10/h3-8H,2,9H2,1H3,(H2,23,24,25,26)/b15-7+. The van der Waals surface area contributed by atoms with Gasteiger partial charge >= 0.3 is 6.03 Å². The molecule has 2 aromatic carbocycles. The van der Waals surface area contributed by atoms with Gasteiger partial charge in [-0.15, -0.1) is 0 Å². The minimum Gasteiger partial charge on any atom is -0.490 e. The van der Waals surface area contributed by atoms with Crippen LogP contribution in [0.15, 0.2) is 36.0 Å². The van der Waals surface area contributed by atoms with Gasteiger partial charge in [0.1, 0.15) is 12.3 Å². The van der Waals surface area contributed by atoms with E-state index in [1.165, 1.54) is 6.08 Å². The Morgan fingerprint density at radius 2 is 1.75 bits per heavy atom. The number of ether oxygens (including phenoxy) is 2. The number of halogens is 3. The van der Waals surface area contributed by atoms with Gasteiger partial charge in [-0.1, -0.05) is 40.9 Å². The lowest BCUT2D eigenvalue weighted by Crippen LogP contribution is -2.22. The highest BCUT2D eigenvalue weighted by molar-refractivity contribution is 6.42. The maximum atomic E-state index is 11.7. The largest absolute Gasteiger partial charge is 0.490 e. The van der Waals surface area contributed by atoms with E-state index < -0.39 is 11.9 Å². The van der Waals surface area contributed by atoms with Crippen LogP contribution in [-0.4, -0.2) is 18.5 Å². The van der Waals surface area contributed by atoms with Gasteiger partial charge in [0, 0.05) is 0 Å². The van der Waals surface area contributed by atoms with Gasteiger partial charge in [-0.3, -0.25) is 10.1 Å². The maximum absolute atomic E-state index is 11.7. The molecule has 1 aliphatic rings. The summed E-state index contributed by atoms with van der Waals surface area (Å²) in [6, 6.07) is 7.89. The number of urea groups is 1. The summed E-state index contributed by atoms with van der Waals surface area (Å²) >= 11 is 18.3. The Labute approximate surface area is 176 Å². The number of rotatable bonds is 6. The van der Waals surface area contributed by atoms with E-state index >= 15 is 0 Å². The number of nitrogens with one attached hydrogen (secondary N) is 2. The van der Waals surface area contributed by atoms with Crippen molar-refractivity contribution in [1.82, 2.24) is 10.6 Å². The molecule has 146 valence electrons. The molecule has 0 aromatic heterocycles. The quantitative estimate of drug-likeness (QED) is 0.498. The first kappa shape index (κ1) is 20.3. The van der Waals surface area contributed by atoms with Gasteiger partial charge < -0.3 is 14.8 Å². The first-order valence-corrected chi connectivity index (χ1v) is 9.38. The van der Waals surface area contributed by atoms with Crippen molar-refractivity contribution in [2.75, 3.05) is 6.61 Å². The molecule has 3 amide bonds. The van der Waals surface area contributed by atoms with Crippen molar-refractivity contribution in [3.8, 4) is 11.5 Å². The Bertz CT molecular complexity index is 976. The normalized spacial score (nSPS) is 14.8.